The van der Waals surface area contributed by atoms with Gasteiger partial charge in [-0.15, -0.1) is 11.3 Å². The third-order valence-electron chi connectivity index (χ3n) is 23.7. The second-order valence-corrected chi connectivity index (χ2v) is 30.4. The van der Waals surface area contributed by atoms with E-state index in [0.29, 0.717) is 23.2 Å². The number of aromatic nitrogens is 6. The molecule has 0 aliphatic rings. The molecule has 26 rings (SSSR count). The monoisotopic (exact) mass is 1420 g/mol. The van der Waals surface area contributed by atoms with Gasteiger partial charge in [0.25, 0.3) is 0 Å². The molecule has 0 aliphatic heterocycles. The van der Waals surface area contributed by atoms with E-state index in [9.17, 15) is 0 Å². The molecule has 0 aliphatic carbocycles. The molecular weight excluding hydrogens is 1370 g/mol. The zero-order chi connectivity index (χ0) is 71.3. The maximum absolute atomic E-state index is 7.16. The van der Waals surface area contributed by atoms with Crippen molar-refractivity contribution in [3.05, 3.63) is 315 Å². The number of rotatable bonds is 5. The maximum atomic E-state index is 7.16. The first-order valence-electron chi connectivity index (χ1n) is 37.2. The first-order chi connectivity index (χ1) is 54.5. The van der Waals surface area contributed by atoms with Crippen LogP contribution in [0.4, 0.5) is 0 Å². The van der Waals surface area contributed by atoms with Gasteiger partial charge in [-0.2, -0.15) is 4.98 Å². The van der Waals surface area contributed by atoms with E-state index in [2.05, 4.69) is 300 Å². The van der Waals surface area contributed by atoms with Crippen molar-refractivity contribution in [1.82, 2.24) is 29.1 Å². The molecule has 8 heterocycles. The van der Waals surface area contributed by atoms with Crippen LogP contribution >= 0.6 is 11.3 Å². The largest absolute Gasteiger partial charge is 0.456 e. The first-order valence-corrected chi connectivity index (χ1v) is 38.0. The Morgan fingerprint density at radius 3 is 1.16 bits per heavy atom. The fourth-order valence-corrected chi connectivity index (χ4v) is 19.9. The molecule has 0 radical (unpaired) electrons. The van der Waals surface area contributed by atoms with Crippen LogP contribution in [0.1, 0.15) is 0 Å². The number of fused-ring (bicyclic) bond motifs is 34. The Morgan fingerprint density at radius 1 is 0.218 bits per heavy atom. The number of hydrogen-bond donors (Lipinski definition) is 0. The standard InChI is InChI=1S/C100H52N6O3S/c1-3-19-55-51-81-76(46-53(55)17-1)91-79(40-38-69-63-23-6-5-21-61(63)62-22-9-10-28-68(62)89(69)91)105(81)99-101-95(59-35-43-85-74(49-59)66-26-11-14-30-83(66)107-85)93-78-48-58(34-42-87(78)109-97(93)103-99)57-33-37-71-73(45-57)65-25-8-7-24-64(65)70-39-41-80-92(90(70)71)77-47-54-18-2-4-20-56(54)52-82(77)106(80)100-102-96(94-72-29-13-16-32-88(72)110-98(94)104-100)60-36-44-86-75(50-60)67-27-12-15-31-84(67)108-86/h1-52H. The van der Waals surface area contributed by atoms with E-state index in [4.69, 9.17) is 33.2 Å². The summed E-state index contributed by atoms with van der Waals surface area (Å²) in [5, 5.41) is 31.4. The Hall–Kier alpha value is -14.6. The van der Waals surface area contributed by atoms with E-state index in [1.807, 2.05) is 24.3 Å². The average Bonchev–Trinajstić information content (AvgIpc) is 1.52. The van der Waals surface area contributed by atoms with E-state index in [1.54, 1.807) is 11.3 Å². The van der Waals surface area contributed by atoms with Crippen molar-refractivity contribution in [3.63, 3.8) is 0 Å². The van der Waals surface area contributed by atoms with Crippen molar-refractivity contribution >= 4 is 227 Å². The van der Waals surface area contributed by atoms with Gasteiger partial charge in [-0.3, -0.25) is 9.13 Å². The minimum atomic E-state index is 0.490. The van der Waals surface area contributed by atoms with Crippen molar-refractivity contribution < 1.29 is 13.3 Å². The molecule has 506 valence electrons. The summed E-state index contributed by atoms with van der Waals surface area (Å²) < 4.78 is 25.8. The maximum Gasteiger partial charge on any atom is 0.238 e. The highest BCUT2D eigenvalue weighted by molar-refractivity contribution is 7.25. The lowest BCUT2D eigenvalue weighted by atomic mass is 9.89. The molecule has 0 N–H and O–H groups in total. The molecule has 9 nitrogen and oxygen atoms in total. The molecule has 10 heteroatoms. The molecule has 8 aromatic heterocycles. The van der Waals surface area contributed by atoms with Crippen molar-refractivity contribution in [2.24, 2.45) is 0 Å². The van der Waals surface area contributed by atoms with Gasteiger partial charge in [0.1, 0.15) is 32.7 Å². The number of benzene rings is 18. The van der Waals surface area contributed by atoms with Gasteiger partial charge in [0.2, 0.25) is 17.6 Å². The first kappa shape index (κ1) is 58.7. The molecule has 0 spiro atoms. The van der Waals surface area contributed by atoms with Crippen LogP contribution in [0.3, 0.4) is 0 Å². The molecule has 0 unspecified atom stereocenters. The molecule has 0 fully saturated rings. The Bertz CT molecular complexity index is 8670. The van der Waals surface area contributed by atoms with E-state index < -0.39 is 0 Å². The van der Waals surface area contributed by atoms with Gasteiger partial charge in [0.05, 0.1) is 38.8 Å². The van der Waals surface area contributed by atoms with Gasteiger partial charge in [-0.25, -0.2) is 15.0 Å². The van der Waals surface area contributed by atoms with Crippen LogP contribution in [-0.4, -0.2) is 29.1 Å². The lowest BCUT2D eigenvalue weighted by Crippen LogP contribution is -2.03. The van der Waals surface area contributed by atoms with Crippen molar-refractivity contribution in [2.75, 3.05) is 0 Å². The van der Waals surface area contributed by atoms with E-state index in [1.165, 1.54) is 53.9 Å². The summed E-state index contributed by atoms with van der Waals surface area (Å²) in [7, 11) is 0. The Labute approximate surface area is 626 Å². The summed E-state index contributed by atoms with van der Waals surface area (Å²) in [5.41, 5.74) is 14.2. The van der Waals surface area contributed by atoms with Crippen LogP contribution in [0.2, 0.25) is 0 Å². The van der Waals surface area contributed by atoms with Crippen molar-refractivity contribution in [1.29, 1.82) is 0 Å². The highest BCUT2D eigenvalue weighted by atomic mass is 32.1. The summed E-state index contributed by atoms with van der Waals surface area (Å²) in [6, 6.07) is 114. The van der Waals surface area contributed by atoms with E-state index >= 15 is 0 Å². The smallest absolute Gasteiger partial charge is 0.238 e. The average molecular weight is 1420 g/mol. The van der Waals surface area contributed by atoms with Gasteiger partial charge in [0, 0.05) is 85.8 Å². The number of hydrogen-bond acceptors (Lipinski definition) is 8. The molecule has 18 aromatic carbocycles. The second kappa shape index (κ2) is 21.6. The summed E-state index contributed by atoms with van der Waals surface area (Å²) in [4.78, 5) is 23.8. The lowest BCUT2D eigenvalue weighted by molar-refractivity contribution is 0.651. The highest BCUT2D eigenvalue weighted by Crippen LogP contribution is 2.50. The topological polar surface area (TPSA) is 101 Å². The fourth-order valence-electron chi connectivity index (χ4n) is 18.9. The van der Waals surface area contributed by atoms with Crippen LogP contribution in [-0.2, 0) is 0 Å². The minimum Gasteiger partial charge on any atom is -0.456 e. The van der Waals surface area contributed by atoms with Gasteiger partial charge in [-0.1, -0.05) is 206 Å². The van der Waals surface area contributed by atoms with Crippen LogP contribution in [0.25, 0.3) is 262 Å². The SMILES string of the molecule is c1ccc2cc3c(cc2c1)c1c2c4ccccc4c4ccccc4c2ccc1n3-c1nc(-c2ccc3oc4ccccc4c3c2)c2c(n1)oc1ccc(-c3ccc4c(c3)c3ccccc3c3ccc5c(c6cc7ccccc7cc6n5-c5nc(-c6ccc7oc8ccccc8c7c6)c6c(n5)sc5ccccc56)c34)cc12. The van der Waals surface area contributed by atoms with E-state index in [-0.39, 0.29) is 0 Å². The van der Waals surface area contributed by atoms with Crippen LogP contribution in [0.5, 0.6) is 0 Å². The molecule has 0 amide bonds. The van der Waals surface area contributed by atoms with Gasteiger partial charge in [-0.05, 0) is 196 Å². The quantitative estimate of drug-likeness (QED) is 0.158. The number of thiophene rings is 1. The normalized spacial score (nSPS) is 12.5. The highest BCUT2D eigenvalue weighted by Gasteiger charge is 2.28. The summed E-state index contributed by atoms with van der Waals surface area (Å²) in [5.74, 6) is 1.12. The third-order valence-corrected chi connectivity index (χ3v) is 24.7. The summed E-state index contributed by atoms with van der Waals surface area (Å²) >= 11 is 1.71. The molecule has 0 bridgehead atoms. The van der Waals surface area contributed by atoms with Crippen LogP contribution in [0.15, 0.2) is 329 Å². The van der Waals surface area contributed by atoms with E-state index in [0.717, 1.165) is 185 Å². The summed E-state index contributed by atoms with van der Waals surface area (Å²) in [6.07, 6.45) is 0. The molecule has 0 atom stereocenters. The van der Waals surface area contributed by atoms with Gasteiger partial charge >= 0.3 is 0 Å². The predicted molar refractivity (Wildman–Crippen MR) is 457 cm³/mol. The lowest BCUT2D eigenvalue weighted by Gasteiger charge is -2.14. The number of furan rings is 3. The fraction of sp³-hybridized carbons (Fsp3) is 0. The molecule has 0 saturated carbocycles. The Balaban J connectivity index is 0.704. The number of nitrogens with zero attached hydrogens (tertiary/aromatic N) is 6. The second-order valence-electron chi connectivity index (χ2n) is 29.4. The zero-order valence-electron chi connectivity index (χ0n) is 58.3. The van der Waals surface area contributed by atoms with Gasteiger partial charge < -0.3 is 13.3 Å². The summed E-state index contributed by atoms with van der Waals surface area (Å²) in [6.45, 7) is 0. The van der Waals surface area contributed by atoms with Crippen molar-refractivity contribution in [3.8, 4) is 45.5 Å². The Morgan fingerprint density at radius 2 is 0.600 bits per heavy atom. The Kier molecular flexibility index (Phi) is 11.5. The number of para-hydroxylation sites is 2. The minimum absolute atomic E-state index is 0.490. The molecule has 110 heavy (non-hydrogen) atoms. The van der Waals surface area contributed by atoms with Crippen LogP contribution < -0.4 is 0 Å². The van der Waals surface area contributed by atoms with Gasteiger partial charge in [0.15, 0.2) is 0 Å². The predicted octanol–water partition coefficient (Wildman–Crippen LogP) is 27.8. The molecule has 0 saturated heterocycles. The molecule has 26 aromatic rings. The molecular formula is C100H52N6O3S. The zero-order valence-corrected chi connectivity index (χ0v) is 59.2. The third kappa shape index (κ3) is 8.02. The van der Waals surface area contributed by atoms with Crippen molar-refractivity contribution in [2.45, 2.75) is 0 Å². The van der Waals surface area contributed by atoms with Crippen LogP contribution in [0, 0.1) is 0 Å².